The quantitative estimate of drug-likeness (QED) is 0.402. The van der Waals surface area contributed by atoms with Gasteiger partial charge in [0.25, 0.3) is 0 Å². The molecular weight excluding hydrogens is 316 g/mol. The third kappa shape index (κ3) is 3.47. The van der Waals surface area contributed by atoms with Crippen LogP contribution in [0.4, 0.5) is 0 Å². The second kappa shape index (κ2) is 7.51. The average Bonchev–Trinajstić information content (AvgIpc) is 3.04. The summed E-state index contributed by atoms with van der Waals surface area (Å²) in [5, 5.41) is 0. The fourth-order valence-electron chi connectivity index (χ4n) is 4.23. The Bertz CT molecular complexity index is 503. The molecule has 6 heteroatoms. The van der Waals surface area contributed by atoms with E-state index in [-0.39, 0.29) is 41.5 Å². The van der Waals surface area contributed by atoms with Gasteiger partial charge in [-0.1, -0.05) is 13.5 Å². The van der Waals surface area contributed by atoms with E-state index in [9.17, 15) is 14.4 Å². The van der Waals surface area contributed by atoms with Crippen molar-refractivity contribution in [3.05, 3.63) is 12.7 Å². The highest BCUT2D eigenvalue weighted by Gasteiger charge is 2.62. The number of carbonyl (C=O) groups is 3. The van der Waals surface area contributed by atoms with Crippen LogP contribution in [0.25, 0.3) is 0 Å². The summed E-state index contributed by atoms with van der Waals surface area (Å²) in [6, 6.07) is 0. The lowest BCUT2D eigenvalue weighted by Gasteiger charge is -2.36. The van der Waals surface area contributed by atoms with E-state index in [4.69, 9.17) is 9.47 Å². The van der Waals surface area contributed by atoms with Crippen molar-refractivity contribution >= 4 is 29.5 Å². The van der Waals surface area contributed by atoms with Gasteiger partial charge in [0.15, 0.2) is 0 Å². The Labute approximate surface area is 141 Å². The second-order valence-electron chi connectivity index (χ2n) is 6.35. The molecule has 6 unspecified atom stereocenters. The molecule has 0 N–H and O–H groups in total. The zero-order valence-electron chi connectivity index (χ0n) is 13.8. The van der Waals surface area contributed by atoms with Gasteiger partial charge in [-0.15, -0.1) is 0 Å². The number of ether oxygens (including phenoxy) is 2. The summed E-state index contributed by atoms with van der Waals surface area (Å²) >= 11 is 1.60. The third-order valence-corrected chi connectivity index (χ3v) is 5.74. The van der Waals surface area contributed by atoms with Gasteiger partial charge in [0.05, 0.1) is 5.92 Å². The highest BCUT2D eigenvalue weighted by atomic mass is 32.2. The molecule has 0 aromatic heterocycles. The number of Topliss-reactive ketones (excluding diaryl/α,β-unsaturated/α-hetero) is 1. The predicted molar refractivity (Wildman–Crippen MR) is 87.8 cm³/mol. The zero-order chi connectivity index (χ0) is 17.1. The normalized spacial score (nSPS) is 34.9. The SMILES string of the molecule is C=CC(=O)OC1C(C)C2CC1C(C(=O)OCCSC)C2C(C)=O. The summed E-state index contributed by atoms with van der Waals surface area (Å²) in [6.45, 7) is 7.27. The summed E-state index contributed by atoms with van der Waals surface area (Å²) in [6.07, 6.45) is 3.45. The van der Waals surface area contributed by atoms with E-state index >= 15 is 0 Å². The molecule has 0 spiro atoms. The molecule has 0 aromatic rings. The smallest absolute Gasteiger partial charge is 0.330 e. The molecule has 5 nitrogen and oxygen atoms in total. The number of hydrogen-bond acceptors (Lipinski definition) is 6. The number of rotatable bonds is 7. The van der Waals surface area contributed by atoms with E-state index in [1.165, 1.54) is 6.92 Å². The maximum absolute atomic E-state index is 12.5. The molecule has 2 aliphatic carbocycles. The van der Waals surface area contributed by atoms with Crippen LogP contribution >= 0.6 is 11.8 Å². The summed E-state index contributed by atoms with van der Waals surface area (Å²) in [4.78, 5) is 36.1. The van der Waals surface area contributed by atoms with Crippen molar-refractivity contribution in [2.45, 2.75) is 26.4 Å². The second-order valence-corrected chi connectivity index (χ2v) is 7.34. The monoisotopic (exact) mass is 340 g/mol. The molecule has 0 aromatic carbocycles. The highest BCUT2D eigenvalue weighted by molar-refractivity contribution is 7.98. The van der Waals surface area contributed by atoms with Gasteiger partial charge in [-0.2, -0.15) is 11.8 Å². The molecule has 0 amide bonds. The molecule has 6 atom stereocenters. The number of thioether (sulfide) groups is 1. The average molecular weight is 340 g/mol. The molecule has 23 heavy (non-hydrogen) atoms. The largest absolute Gasteiger partial charge is 0.465 e. The number of fused-ring (bicyclic) bond motifs is 2. The van der Waals surface area contributed by atoms with Crippen LogP contribution in [0.2, 0.25) is 0 Å². The van der Waals surface area contributed by atoms with Crippen LogP contribution in [-0.2, 0) is 23.9 Å². The van der Waals surface area contributed by atoms with Crippen molar-refractivity contribution in [1.29, 1.82) is 0 Å². The van der Waals surface area contributed by atoms with Crippen LogP contribution in [0, 0.1) is 29.6 Å². The van der Waals surface area contributed by atoms with Gasteiger partial charge in [0.2, 0.25) is 0 Å². The summed E-state index contributed by atoms with van der Waals surface area (Å²) < 4.78 is 10.8. The molecule has 0 saturated heterocycles. The first-order valence-electron chi connectivity index (χ1n) is 7.91. The Morgan fingerprint density at radius 3 is 2.52 bits per heavy atom. The van der Waals surface area contributed by atoms with E-state index in [1.807, 2.05) is 13.2 Å². The van der Waals surface area contributed by atoms with Crippen molar-refractivity contribution in [1.82, 2.24) is 0 Å². The molecule has 128 valence electrons. The Morgan fingerprint density at radius 2 is 1.96 bits per heavy atom. The van der Waals surface area contributed by atoms with Crippen LogP contribution in [0.5, 0.6) is 0 Å². The Morgan fingerprint density at radius 1 is 1.26 bits per heavy atom. The van der Waals surface area contributed by atoms with E-state index in [0.29, 0.717) is 6.61 Å². The first-order valence-corrected chi connectivity index (χ1v) is 9.30. The zero-order valence-corrected chi connectivity index (χ0v) is 14.6. The number of carbonyl (C=O) groups excluding carboxylic acids is 3. The van der Waals surface area contributed by atoms with Crippen molar-refractivity contribution < 1.29 is 23.9 Å². The first-order chi connectivity index (χ1) is 10.9. The van der Waals surface area contributed by atoms with Gasteiger partial charge in [0, 0.05) is 23.7 Å². The van der Waals surface area contributed by atoms with Gasteiger partial charge < -0.3 is 9.47 Å². The lowest BCUT2D eigenvalue weighted by atomic mass is 9.71. The molecule has 2 aliphatic rings. The summed E-state index contributed by atoms with van der Waals surface area (Å²) in [7, 11) is 0. The first kappa shape index (κ1) is 18.0. The van der Waals surface area contributed by atoms with Crippen LogP contribution in [0.15, 0.2) is 12.7 Å². The molecule has 2 fully saturated rings. The maximum Gasteiger partial charge on any atom is 0.330 e. The molecule has 2 rings (SSSR count). The van der Waals surface area contributed by atoms with Crippen LogP contribution in [0.1, 0.15) is 20.3 Å². The molecule has 2 bridgehead atoms. The van der Waals surface area contributed by atoms with E-state index in [1.54, 1.807) is 11.8 Å². The van der Waals surface area contributed by atoms with Gasteiger partial charge in [-0.05, 0) is 31.4 Å². The van der Waals surface area contributed by atoms with Gasteiger partial charge in [0.1, 0.15) is 18.5 Å². The Kier molecular flexibility index (Phi) is 5.89. The standard InChI is InChI=1S/C17H24O5S/c1-5-13(19)22-16-9(2)11-8-12(16)15(14(11)10(3)18)17(20)21-6-7-23-4/h5,9,11-12,14-16H,1,6-8H2,2-4H3. The fourth-order valence-corrected chi connectivity index (χ4v) is 4.48. The summed E-state index contributed by atoms with van der Waals surface area (Å²) in [5.41, 5.74) is 0. The molecule has 0 aliphatic heterocycles. The van der Waals surface area contributed by atoms with Crippen molar-refractivity contribution in [2.24, 2.45) is 29.6 Å². The molecule has 0 heterocycles. The van der Waals surface area contributed by atoms with Gasteiger partial charge in [-0.3, -0.25) is 9.59 Å². The third-order valence-electron chi connectivity index (χ3n) is 5.16. The van der Waals surface area contributed by atoms with Crippen molar-refractivity contribution in [2.75, 3.05) is 18.6 Å². The number of esters is 2. The van der Waals surface area contributed by atoms with Gasteiger partial charge >= 0.3 is 11.9 Å². The minimum atomic E-state index is -0.502. The Balaban J connectivity index is 2.17. The maximum atomic E-state index is 12.5. The molecular formula is C17H24O5S. The minimum Gasteiger partial charge on any atom is -0.465 e. The Hall–Kier alpha value is -1.30. The van der Waals surface area contributed by atoms with E-state index in [0.717, 1.165) is 18.2 Å². The van der Waals surface area contributed by atoms with Crippen LogP contribution in [0.3, 0.4) is 0 Å². The predicted octanol–water partition coefficient (Wildman–Crippen LogP) is 2.10. The highest BCUT2D eigenvalue weighted by Crippen LogP contribution is 2.56. The van der Waals surface area contributed by atoms with Crippen LogP contribution in [-0.4, -0.2) is 42.4 Å². The van der Waals surface area contributed by atoms with E-state index < -0.39 is 11.9 Å². The summed E-state index contributed by atoms with van der Waals surface area (Å²) in [5.74, 6) is -0.913. The van der Waals surface area contributed by atoms with Crippen molar-refractivity contribution in [3.8, 4) is 0 Å². The van der Waals surface area contributed by atoms with Crippen molar-refractivity contribution in [3.63, 3.8) is 0 Å². The fraction of sp³-hybridized carbons (Fsp3) is 0.706. The lowest BCUT2D eigenvalue weighted by Crippen LogP contribution is -2.45. The number of hydrogen-bond donors (Lipinski definition) is 0. The van der Waals surface area contributed by atoms with Gasteiger partial charge in [-0.25, -0.2) is 4.79 Å². The topological polar surface area (TPSA) is 69.7 Å². The molecule has 0 radical (unpaired) electrons. The number of ketones is 1. The van der Waals surface area contributed by atoms with E-state index in [2.05, 4.69) is 6.58 Å². The lowest BCUT2D eigenvalue weighted by molar-refractivity contribution is -0.165. The van der Waals surface area contributed by atoms with Crippen LogP contribution < -0.4 is 0 Å². The molecule has 2 saturated carbocycles. The minimum absolute atomic E-state index is 0.0182.